The van der Waals surface area contributed by atoms with Crippen molar-refractivity contribution in [3.05, 3.63) is 0 Å². The maximum Gasteiger partial charge on any atom is 0.311 e. The van der Waals surface area contributed by atoms with Crippen molar-refractivity contribution < 1.29 is 23.9 Å². The van der Waals surface area contributed by atoms with Crippen LogP contribution in [0.4, 0.5) is 0 Å². The molecule has 7 nitrogen and oxygen atoms in total. The maximum atomic E-state index is 12.1. The van der Waals surface area contributed by atoms with E-state index < -0.39 is 11.0 Å². The predicted molar refractivity (Wildman–Crippen MR) is 93.9 cm³/mol. The summed E-state index contributed by atoms with van der Waals surface area (Å²) in [6, 6.07) is 0. The molecule has 0 aromatic rings. The average Bonchev–Trinajstić information content (AvgIpc) is 3.05. The second-order valence-electron chi connectivity index (χ2n) is 7.78. The van der Waals surface area contributed by atoms with Crippen LogP contribution >= 0.6 is 0 Å². The summed E-state index contributed by atoms with van der Waals surface area (Å²) in [5.41, 5.74) is -1.30. The monoisotopic (exact) mass is 356 g/mol. The summed E-state index contributed by atoms with van der Waals surface area (Å²) < 4.78 is 10.5. The van der Waals surface area contributed by atoms with Crippen LogP contribution in [0.25, 0.3) is 0 Å². The molecule has 0 bridgehead atoms. The summed E-state index contributed by atoms with van der Waals surface area (Å²) in [5.74, 6) is -0.541. The lowest BCUT2D eigenvalue weighted by Crippen LogP contribution is -2.41. The van der Waals surface area contributed by atoms with E-state index in [0.29, 0.717) is 13.0 Å². The van der Waals surface area contributed by atoms with Gasteiger partial charge in [-0.1, -0.05) is 0 Å². The number of hydrogen-bond donors (Lipinski definition) is 1. The summed E-state index contributed by atoms with van der Waals surface area (Å²) in [7, 11) is 1.36. The second-order valence-corrected chi connectivity index (χ2v) is 7.78. The molecule has 1 saturated heterocycles. The highest BCUT2D eigenvalue weighted by Crippen LogP contribution is 2.24. The lowest BCUT2D eigenvalue weighted by atomic mass is 9.90. The highest BCUT2D eigenvalue weighted by atomic mass is 16.5. The van der Waals surface area contributed by atoms with Gasteiger partial charge >= 0.3 is 5.97 Å². The average molecular weight is 356 g/mol. The van der Waals surface area contributed by atoms with E-state index in [-0.39, 0.29) is 30.7 Å². The van der Waals surface area contributed by atoms with E-state index in [4.69, 9.17) is 9.47 Å². The normalized spacial score (nSPS) is 15.2. The molecule has 1 heterocycles. The topological polar surface area (TPSA) is 84.9 Å². The Bertz CT molecular complexity index is 482. The van der Waals surface area contributed by atoms with Gasteiger partial charge in [0.15, 0.2) is 0 Å². The van der Waals surface area contributed by atoms with E-state index >= 15 is 0 Å². The van der Waals surface area contributed by atoms with Crippen LogP contribution in [0.3, 0.4) is 0 Å². The molecule has 1 N–H and O–H groups in total. The molecular formula is C18H32N2O5. The molecule has 0 aromatic carbocycles. The largest absolute Gasteiger partial charge is 0.469 e. The Morgan fingerprint density at radius 3 is 2.24 bits per heavy atom. The quantitative estimate of drug-likeness (QED) is 0.633. The van der Waals surface area contributed by atoms with Crippen molar-refractivity contribution in [1.29, 1.82) is 0 Å². The van der Waals surface area contributed by atoms with Crippen molar-refractivity contribution >= 4 is 17.8 Å². The fourth-order valence-electron chi connectivity index (χ4n) is 2.71. The minimum Gasteiger partial charge on any atom is -0.469 e. The van der Waals surface area contributed by atoms with Gasteiger partial charge in [-0.3, -0.25) is 14.4 Å². The molecule has 7 heteroatoms. The number of carbonyl (C=O) groups is 3. The van der Waals surface area contributed by atoms with Gasteiger partial charge in [0, 0.05) is 19.7 Å². The summed E-state index contributed by atoms with van der Waals surface area (Å²) >= 11 is 0. The van der Waals surface area contributed by atoms with Gasteiger partial charge in [-0.25, -0.2) is 0 Å². The first-order valence-corrected chi connectivity index (χ1v) is 8.84. The minimum atomic E-state index is -0.674. The van der Waals surface area contributed by atoms with Crippen LogP contribution in [0.1, 0.15) is 53.4 Å². The summed E-state index contributed by atoms with van der Waals surface area (Å²) in [6.07, 6.45) is 2.71. The Balaban J connectivity index is 2.32. The molecule has 1 aliphatic rings. The standard InChI is InChI=1S/C18H32N2O5/c1-17(2,16(23)24-5)8-11-25-18(3,4)12-14(21)19-13-15(22)20-9-6-7-10-20/h6-13H2,1-5H3,(H,19,21). The number of nitrogens with one attached hydrogen (secondary N) is 1. The van der Waals surface area contributed by atoms with E-state index in [1.165, 1.54) is 7.11 Å². The van der Waals surface area contributed by atoms with E-state index in [0.717, 1.165) is 25.9 Å². The number of hydrogen-bond acceptors (Lipinski definition) is 5. The van der Waals surface area contributed by atoms with E-state index in [1.807, 2.05) is 13.8 Å². The number of nitrogens with zero attached hydrogens (tertiary/aromatic N) is 1. The highest BCUT2D eigenvalue weighted by molar-refractivity contribution is 5.85. The molecule has 25 heavy (non-hydrogen) atoms. The van der Waals surface area contributed by atoms with Gasteiger partial charge < -0.3 is 19.7 Å². The predicted octanol–water partition coefficient (Wildman–Crippen LogP) is 1.50. The van der Waals surface area contributed by atoms with Crippen molar-refractivity contribution in [2.75, 3.05) is 33.4 Å². The zero-order chi connectivity index (χ0) is 19.1. The fourth-order valence-corrected chi connectivity index (χ4v) is 2.71. The zero-order valence-corrected chi connectivity index (χ0v) is 16.1. The van der Waals surface area contributed by atoms with Crippen molar-refractivity contribution in [3.63, 3.8) is 0 Å². The van der Waals surface area contributed by atoms with Crippen LogP contribution in [-0.4, -0.2) is 61.6 Å². The first-order chi connectivity index (χ1) is 11.6. The molecular weight excluding hydrogens is 324 g/mol. The van der Waals surface area contributed by atoms with Crippen LogP contribution in [-0.2, 0) is 23.9 Å². The number of rotatable bonds is 9. The SMILES string of the molecule is COC(=O)C(C)(C)CCOC(C)(C)CC(=O)NCC(=O)N1CCCC1. The minimum absolute atomic E-state index is 0.0320. The molecule has 0 spiro atoms. The van der Waals surface area contributed by atoms with E-state index in [1.54, 1.807) is 18.7 Å². The summed E-state index contributed by atoms with van der Waals surface area (Å²) in [6.45, 7) is 9.16. The lowest BCUT2D eigenvalue weighted by Gasteiger charge is -2.28. The number of amides is 2. The van der Waals surface area contributed by atoms with Crippen LogP contribution in [0.15, 0.2) is 0 Å². The first-order valence-electron chi connectivity index (χ1n) is 8.84. The van der Waals surface area contributed by atoms with Gasteiger partial charge in [-0.2, -0.15) is 0 Å². The van der Waals surface area contributed by atoms with E-state index in [9.17, 15) is 14.4 Å². The number of ether oxygens (including phenoxy) is 2. The lowest BCUT2D eigenvalue weighted by molar-refractivity contribution is -0.153. The highest BCUT2D eigenvalue weighted by Gasteiger charge is 2.30. The van der Waals surface area contributed by atoms with E-state index in [2.05, 4.69) is 5.32 Å². The van der Waals surface area contributed by atoms with Crippen LogP contribution in [0, 0.1) is 5.41 Å². The van der Waals surface area contributed by atoms with Crippen molar-refractivity contribution in [1.82, 2.24) is 10.2 Å². The number of likely N-dealkylation sites (tertiary alicyclic amines) is 1. The molecule has 0 radical (unpaired) electrons. The zero-order valence-electron chi connectivity index (χ0n) is 16.1. The molecule has 0 aliphatic carbocycles. The molecule has 2 amide bonds. The Kier molecular flexibility index (Phi) is 7.86. The van der Waals surface area contributed by atoms with Crippen molar-refractivity contribution in [2.24, 2.45) is 5.41 Å². The third kappa shape index (κ3) is 7.42. The third-order valence-electron chi connectivity index (χ3n) is 4.44. The second kappa shape index (κ2) is 9.17. The van der Waals surface area contributed by atoms with Gasteiger partial charge in [0.1, 0.15) is 0 Å². The number of methoxy groups -OCH3 is 1. The van der Waals surface area contributed by atoms with Crippen LogP contribution in [0.5, 0.6) is 0 Å². The summed E-state index contributed by atoms with van der Waals surface area (Å²) in [4.78, 5) is 37.4. The summed E-state index contributed by atoms with van der Waals surface area (Å²) in [5, 5.41) is 2.67. The van der Waals surface area contributed by atoms with Crippen LogP contribution in [0.2, 0.25) is 0 Å². The van der Waals surface area contributed by atoms with Crippen molar-refractivity contribution in [2.45, 2.75) is 59.0 Å². The Morgan fingerprint density at radius 2 is 1.68 bits per heavy atom. The third-order valence-corrected chi connectivity index (χ3v) is 4.44. The molecule has 0 unspecified atom stereocenters. The number of carbonyl (C=O) groups excluding carboxylic acids is 3. The Hall–Kier alpha value is -1.63. The molecule has 144 valence electrons. The first kappa shape index (κ1) is 21.4. The Morgan fingerprint density at radius 1 is 1.08 bits per heavy atom. The van der Waals surface area contributed by atoms with Gasteiger partial charge in [-0.05, 0) is 47.0 Å². The Labute approximate surface area is 150 Å². The molecule has 0 saturated carbocycles. The van der Waals surface area contributed by atoms with Gasteiger partial charge in [0.05, 0.1) is 31.1 Å². The van der Waals surface area contributed by atoms with Crippen LogP contribution < -0.4 is 5.32 Å². The molecule has 0 aromatic heterocycles. The molecule has 0 atom stereocenters. The maximum absolute atomic E-state index is 12.1. The number of esters is 1. The fraction of sp³-hybridized carbons (Fsp3) is 0.833. The molecule has 1 rings (SSSR count). The van der Waals surface area contributed by atoms with Crippen molar-refractivity contribution in [3.8, 4) is 0 Å². The smallest absolute Gasteiger partial charge is 0.311 e. The van der Waals surface area contributed by atoms with Gasteiger partial charge in [0.2, 0.25) is 11.8 Å². The van der Waals surface area contributed by atoms with Gasteiger partial charge in [-0.15, -0.1) is 0 Å². The van der Waals surface area contributed by atoms with Gasteiger partial charge in [0.25, 0.3) is 0 Å². The molecule has 1 aliphatic heterocycles. The molecule has 1 fully saturated rings.